The van der Waals surface area contributed by atoms with Gasteiger partial charge in [-0.05, 0) is 25.0 Å². The summed E-state index contributed by atoms with van der Waals surface area (Å²) in [6, 6.07) is 3.05. The summed E-state index contributed by atoms with van der Waals surface area (Å²) in [7, 11) is 1.28. The summed E-state index contributed by atoms with van der Waals surface area (Å²) in [4.78, 5) is 17.3. The molecular formula is C13H15F3N2O2. The van der Waals surface area contributed by atoms with E-state index in [-0.39, 0.29) is 25.9 Å². The quantitative estimate of drug-likeness (QED) is 0.785. The molecule has 0 aromatic carbocycles. The number of aromatic nitrogens is 1. The molecule has 0 amide bonds. The van der Waals surface area contributed by atoms with Crippen molar-refractivity contribution in [3.05, 3.63) is 23.9 Å². The van der Waals surface area contributed by atoms with Crippen molar-refractivity contribution < 1.29 is 22.7 Å². The van der Waals surface area contributed by atoms with Gasteiger partial charge < -0.3 is 9.64 Å². The van der Waals surface area contributed by atoms with Crippen LogP contribution in [0.4, 0.5) is 19.0 Å². The van der Waals surface area contributed by atoms with Crippen molar-refractivity contribution >= 4 is 11.8 Å². The molecule has 0 saturated carbocycles. The van der Waals surface area contributed by atoms with Crippen molar-refractivity contribution in [3.8, 4) is 0 Å². The predicted molar refractivity (Wildman–Crippen MR) is 66.6 cm³/mol. The number of hydrogen-bond donors (Lipinski definition) is 0. The van der Waals surface area contributed by atoms with Gasteiger partial charge in [-0.25, -0.2) is 9.78 Å². The van der Waals surface area contributed by atoms with E-state index in [0.717, 1.165) is 0 Å². The third-order valence-corrected chi connectivity index (χ3v) is 3.45. The molecule has 0 radical (unpaired) electrons. The van der Waals surface area contributed by atoms with Crippen LogP contribution >= 0.6 is 0 Å². The highest BCUT2D eigenvalue weighted by Crippen LogP contribution is 2.35. The molecule has 7 heteroatoms. The number of ether oxygens (including phenoxy) is 1. The molecule has 110 valence electrons. The Labute approximate surface area is 114 Å². The van der Waals surface area contributed by atoms with Crippen molar-refractivity contribution in [3.63, 3.8) is 0 Å². The molecule has 20 heavy (non-hydrogen) atoms. The van der Waals surface area contributed by atoms with Gasteiger partial charge in [0.05, 0.1) is 18.6 Å². The van der Waals surface area contributed by atoms with Crippen LogP contribution in [-0.4, -0.2) is 37.3 Å². The molecule has 0 atom stereocenters. The molecule has 0 N–H and O–H groups in total. The number of carbonyl (C=O) groups is 1. The van der Waals surface area contributed by atoms with Gasteiger partial charge in [0.2, 0.25) is 0 Å². The van der Waals surface area contributed by atoms with Gasteiger partial charge >= 0.3 is 12.1 Å². The maximum atomic E-state index is 12.6. The SMILES string of the molecule is COC(=O)c1ccnc(N2CCC(C(F)(F)F)CC2)c1. The Morgan fingerprint density at radius 2 is 2.05 bits per heavy atom. The zero-order valence-corrected chi connectivity index (χ0v) is 11.0. The van der Waals surface area contributed by atoms with Crippen LogP contribution in [0.5, 0.6) is 0 Å². The number of esters is 1. The van der Waals surface area contributed by atoms with Gasteiger partial charge in [0.25, 0.3) is 0 Å². The van der Waals surface area contributed by atoms with E-state index < -0.39 is 18.1 Å². The van der Waals surface area contributed by atoms with Crippen LogP contribution in [0, 0.1) is 5.92 Å². The number of carbonyl (C=O) groups excluding carboxylic acids is 1. The van der Waals surface area contributed by atoms with Gasteiger partial charge in [0.1, 0.15) is 5.82 Å². The third kappa shape index (κ3) is 3.20. The average molecular weight is 288 g/mol. The molecule has 1 fully saturated rings. The van der Waals surface area contributed by atoms with Crippen LogP contribution in [0.2, 0.25) is 0 Å². The number of piperidine rings is 1. The summed E-state index contributed by atoms with van der Waals surface area (Å²) >= 11 is 0. The highest BCUT2D eigenvalue weighted by atomic mass is 19.4. The molecule has 0 spiro atoms. The first-order chi connectivity index (χ1) is 9.41. The van der Waals surface area contributed by atoms with Gasteiger partial charge in [-0.1, -0.05) is 0 Å². The number of methoxy groups -OCH3 is 1. The van der Waals surface area contributed by atoms with E-state index in [2.05, 4.69) is 9.72 Å². The average Bonchev–Trinajstić information content (AvgIpc) is 2.46. The second-order valence-corrected chi connectivity index (χ2v) is 4.70. The third-order valence-electron chi connectivity index (χ3n) is 3.45. The lowest BCUT2D eigenvalue weighted by Gasteiger charge is -2.33. The summed E-state index contributed by atoms with van der Waals surface area (Å²) in [6.45, 7) is 0.559. The Morgan fingerprint density at radius 3 is 2.60 bits per heavy atom. The fourth-order valence-corrected chi connectivity index (χ4v) is 2.27. The van der Waals surface area contributed by atoms with Gasteiger partial charge in [-0.15, -0.1) is 0 Å². The van der Waals surface area contributed by atoms with Gasteiger partial charge in [0.15, 0.2) is 0 Å². The Kier molecular flexibility index (Phi) is 4.15. The molecule has 0 bridgehead atoms. The largest absolute Gasteiger partial charge is 0.465 e. The molecule has 2 rings (SSSR count). The van der Waals surface area contributed by atoms with E-state index in [9.17, 15) is 18.0 Å². The fourth-order valence-electron chi connectivity index (χ4n) is 2.27. The lowest BCUT2D eigenvalue weighted by Crippen LogP contribution is -2.39. The van der Waals surface area contributed by atoms with Crippen molar-refractivity contribution in [2.75, 3.05) is 25.1 Å². The van der Waals surface area contributed by atoms with Crippen LogP contribution in [0.25, 0.3) is 0 Å². The highest BCUT2D eigenvalue weighted by Gasteiger charge is 2.41. The van der Waals surface area contributed by atoms with E-state index >= 15 is 0 Å². The van der Waals surface area contributed by atoms with Crippen LogP contribution < -0.4 is 4.90 Å². The van der Waals surface area contributed by atoms with Crippen LogP contribution in [0.1, 0.15) is 23.2 Å². The minimum atomic E-state index is -4.13. The van der Waals surface area contributed by atoms with Crippen LogP contribution in [-0.2, 0) is 4.74 Å². The Balaban J connectivity index is 2.05. The number of hydrogen-bond acceptors (Lipinski definition) is 4. The lowest BCUT2D eigenvalue weighted by atomic mass is 9.96. The molecule has 0 aliphatic carbocycles. The normalized spacial score (nSPS) is 17.1. The van der Waals surface area contributed by atoms with Gasteiger partial charge in [-0.3, -0.25) is 0 Å². The standard InChI is InChI=1S/C13H15F3N2O2/c1-20-12(19)9-2-5-17-11(8-9)18-6-3-10(4-7-18)13(14,15)16/h2,5,8,10H,3-4,6-7H2,1H3. The van der Waals surface area contributed by atoms with E-state index in [1.807, 2.05) is 0 Å². The summed E-state index contributed by atoms with van der Waals surface area (Å²) in [5, 5.41) is 0. The molecule has 0 unspecified atom stereocenters. The van der Waals surface area contributed by atoms with Crippen molar-refractivity contribution in [1.29, 1.82) is 0 Å². The molecule has 1 aliphatic heterocycles. The van der Waals surface area contributed by atoms with E-state index in [4.69, 9.17) is 0 Å². The number of rotatable bonds is 2. The summed E-state index contributed by atoms with van der Waals surface area (Å²) in [5.74, 6) is -1.23. The Bertz CT molecular complexity index is 483. The number of anilines is 1. The smallest absolute Gasteiger partial charge is 0.391 e. The molecule has 2 heterocycles. The topological polar surface area (TPSA) is 42.4 Å². The van der Waals surface area contributed by atoms with Crippen LogP contribution in [0.15, 0.2) is 18.3 Å². The monoisotopic (exact) mass is 288 g/mol. The minimum absolute atomic E-state index is 0.0492. The minimum Gasteiger partial charge on any atom is -0.465 e. The maximum Gasteiger partial charge on any atom is 0.391 e. The molecule has 1 aromatic rings. The van der Waals surface area contributed by atoms with Gasteiger partial charge in [-0.2, -0.15) is 13.2 Å². The zero-order valence-electron chi connectivity index (χ0n) is 11.0. The summed E-state index contributed by atoms with van der Waals surface area (Å²) in [6.07, 6.45) is -2.58. The van der Waals surface area contributed by atoms with Crippen molar-refractivity contribution in [2.45, 2.75) is 19.0 Å². The maximum absolute atomic E-state index is 12.6. The van der Waals surface area contributed by atoms with E-state index in [1.54, 1.807) is 11.0 Å². The number of halogens is 3. The van der Waals surface area contributed by atoms with Crippen LogP contribution in [0.3, 0.4) is 0 Å². The molecule has 1 saturated heterocycles. The second kappa shape index (κ2) is 5.68. The van der Waals surface area contributed by atoms with Crippen molar-refractivity contribution in [2.24, 2.45) is 5.92 Å². The Morgan fingerprint density at radius 1 is 1.40 bits per heavy atom. The number of pyridine rings is 1. The Hall–Kier alpha value is -1.79. The molecule has 1 aliphatic rings. The number of alkyl halides is 3. The first-order valence-corrected chi connectivity index (χ1v) is 6.28. The van der Waals surface area contributed by atoms with E-state index in [0.29, 0.717) is 11.4 Å². The lowest BCUT2D eigenvalue weighted by molar-refractivity contribution is -0.179. The number of nitrogens with zero attached hydrogens (tertiary/aromatic N) is 2. The molecule has 4 nitrogen and oxygen atoms in total. The first-order valence-electron chi connectivity index (χ1n) is 6.28. The van der Waals surface area contributed by atoms with Gasteiger partial charge in [0, 0.05) is 19.3 Å². The van der Waals surface area contributed by atoms with E-state index in [1.165, 1.54) is 19.4 Å². The summed E-state index contributed by atoms with van der Waals surface area (Å²) < 4.78 is 42.4. The molecule has 1 aromatic heterocycles. The fraction of sp³-hybridized carbons (Fsp3) is 0.538. The highest BCUT2D eigenvalue weighted by molar-refractivity contribution is 5.90. The second-order valence-electron chi connectivity index (χ2n) is 4.70. The summed E-state index contributed by atoms with van der Waals surface area (Å²) in [5.41, 5.74) is 0.343. The first kappa shape index (κ1) is 14.6. The van der Waals surface area contributed by atoms with Crippen molar-refractivity contribution in [1.82, 2.24) is 4.98 Å². The predicted octanol–water partition coefficient (Wildman–Crippen LogP) is 2.65. The zero-order chi connectivity index (χ0) is 14.8. The molecular weight excluding hydrogens is 273 g/mol.